The number of primary sulfonamides is 1. The number of sulfonamides is 1. The zero-order valence-corrected chi connectivity index (χ0v) is 17.9. The van der Waals surface area contributed by atoms with Crippen LogP contribution < -0.4 is 5.14 Å². The van der Waals surface area contributed by atoms with Gasteiger partial charge in [0.25, 0.3) is 0 Å². The molecule has 0 bridgehead atoms. The Labute approximate surface area is 188 Å². The van der Waals surface area contributed by atoms with Crippen molar-refractivity contribution in [2.45, 2.75) is 31.4 Å². The van der Waals surface area contributed by atoms with E-state index in [1.807, 2.05) is 0 Å². The monoisotopic (exact) mass is 510 g/mol. The van der Waals surface area contributed by atoms with Crippen molar-refractivity contribution in [2.24, 2.45) is 5.14 Å². The summed E-state index contributed by atoms with van der Waals surface area (Å²) >= 11 is 0. The number of halogens is 6. The molecule has 16 heteroatoms. The molecule has 0 fully saturated rings. The van der Waals surface area contributed by atoms with Gasteiger partial charge in [-0.15, -0.1) is 10.2 Å². The van der Waals surface area contributed by atoms with Gasteiger partial charge in [0.15, 0.2) is 0 Å². The van der Waals surface area contributed by atoms with Crippen LogP contribution in [0.15, 0.2) is 36.4 Å². The Kier molecular flexibility index (Phi) is 6.45. The molecule has 2 heterocycles. The number of aliphatic hydroxyl groups is 1. The first-order valence-electron chi connectivity index (χ1n) is 9.21. The fourth-order valence-electron chi connectivity index (χ4n) is 3.01. The fourth-order valence-corrected chi connectivity index (χ4v) is 3.94. The summed E-state index contributed by atoms with van der Waals surface area (Å²) in [5.41, 5.74) is -5.38. The summed E-state index contributed by atoms with van der Waals surface area (Å²) in [6, 6.07) is 5.19. The molecule has 0 unspecified atom stereocenters. The number of hydrogen-bond donors (Lipinski definition) is 2. The summed E-state index contributed by atoms with van der Waals surface area (Å²) in [5.74, 6) is -1.01. The van der Waals surface area contributed by atoms with Gasteiger partial charge in [0.05, 0.1) is 29.1 Å². The fraction of sp³-hybridized carbons (Fsp3) is 0.333. The van der Waals surface area contributed by atoms with Gasteiger partial charge in [0.1, 0.15) is 11.3 Å². The van der Waals surface area contributed by atoms with Crippen molar-refractivity contribution in [1.82, 2.24) is 25.2 Å². The number of tetrazole rings is 1. The smallest absolute Gasteiger partial charge is 0.383 e. The van der Waals surface area contributed by atoms with E-state index in [2.05, 4.69) is 20.4 Å². The number of nitrogens with two attached hydrogens (primary N) is 1. The second kappa shape index (κ2) is 8.59. The maximum Gasteiger partial charge on any atom is 0.416 e. The second-order valence-corrected chi connectivity index (χ2v) is 9.16. The average Bonchev–Trinajstić information content (AvgIpc) is 3.13. The summed E-state index contributed by atoms with van der Waals surface area (Å²) in [5, 5.41) is 26.6. The van der Waals surface area contributed by atoms with Gasteiger partial charge in [0, 0.05) is 0 Å². The first-order valence-corrected chi connectivity index (χ1v) is 10.9. The van der Waals surface area contributed by atoms with Crippen molar-refractivity contribution in [2.75, 3.05) is 5.75 Å². The molecule has 0 saturated heterocycles. The van der Waals surface area contributed by atoms with Crippen LogP contribution in [0.2, 0.25) is 0 Å². The van der Waals surface area contributed by atoms with Crippen molar-refractivity contribution >= 4 is 10.0 Å². The summed E-state index contributed by atoms with van der Waals surface area (Å²) in [6.45, 7) is 0.600. The van der Waals surface area contributed by atoms with E-state index in [4.69, 9.17) is 5.14 Å². The predicted molar refractivity (Wildman–Crippen MR) is 104 cm³/mol. The molecule has 0 saturated carbocycles. The van der Waals surface area contributed by atoms with Gasteiger partial charge in [-0.1, -0.05) is 6.07 Å². The first kappa shape index (κ1) is 25.5. The van der Waals surface area contributed by atoms with Crippen molar-refractivity contribution in [3.05, 3.63) is 58.8 Å². The van der Waals surface area contributed by atoms with Crippen LogP contribution in [0.4, 0.5) is 26.3 Å². The zero-order valence-electron chi connectivity index (χ0n) is 17.1. The average molecular weight is 510 g/mol. The molecule has 3 rings (SSSR count). The third-order valence-electron chi connectivity index (χ3n) is 4.44. The molecule has 0 aliphatic rings. The predicted octanol–water partition coefficient (Wildman–Crippen LogP) is 2.32. The molecule has 0 spiro atoms. The second-order valence-electron chi connectivity index (χ2n) is 7.55. The third kappa shape index (κ3) is 6.27. The molecule has 2 aromatic heterocycles. The Morgan fingerprint density at radius 2 is 1.62 bits per heavy atom. The van der Waals surface area contributed by atoms with Crippen LogP contribution in [0.5, 0.6) is 0 Å². The molecular weight excluding hydrogens is 494 g/mol. The molecular formula is C18H16F6N6O3S. The molecule has 1 aromatic carbocycles. The minimum atomic E-state index is -5.00. The molecule has 3 N–H and O–H groups in total. The van der Waals surface area contributed by atoms with Gasteiger partial charge in [-0.05, 0) is 48.0 Å². The highest BCUT2D eigenvalue weighted by atomic mass is 32.2. The van der Waals surface area contributed by atoms with Crippen LogP contribution in [0.3, 0.4) is 0 Å². The van der Waals surface area contributed by atoms with E-state index in [9.17, 15) is 39.9 Å². The van der Waals surface area contributed by atoms with Gasteiger partial charge in [0.2, 0.25) is 15.8 Å². The van der Waals surface area contributed by atoms with E-state index in [1.165, 1.54) is 25.1 Å². The van der Waals surface area contributed by atoms with Crippen molar-refractivity contribution in [3.8, 4) is 11.5 Å². The minimum absolute atomic E-state index is 0.00650. The summed E-state index contributed by atoms with van der Waals surface area (Å²) in [6.07, 6.45) is -10.0. The Bertz CT molecular complexity index is 1270. The molecule has 1 atom stereocenters. The highest BCUT2D eigenvalue weighted by Gasteiger charge is 2.37. The number of alkyl halides is 6. The number of benzene rings is 1. The van der Waals surface area contributed by atoms with E-state index < -0.39 is 51.4 Å². The zero-order chi connectivity index (χ0) is 25.5. The largest absolute Gasteiger partial charge is 0.416 e. The highest BCUT2D eigenvalue weighted by molar-refractivity contribution is 7.89. The number of nitrogens with zero attached hydrogens (tertiary/aromatic N) is 5. The highest BCUT2D eigenvalue weighted by Crippen LogP contribution is 2.36. The van der Waals surface area contributed by atoms with Crippen molar-refractivity contribution < 1.29 is 39.9 Å². The Hall–Kier alpha value is -3.11. The lowest BCUT2D eigenvalue weighted by Crippen LogP contribution is -2.35. The lowest BCUT2D eigenvalue weighted by Gasteiger charge is -2.21. The van der Waals surface area contributed by atoms with Gasteiger partial charge in [-0.3, -0.25) is 0 Å². The molecule has 3 aromatic rings. The van der Waals surface area contributed by atoms with Crippen molar-refractivity contribution in [1.29, 1.82) is 0 Å². The van der Waals surface area contributed by atoms with Crippen LogP contribution in [-0.4, -0.2) is 44.5 Å². The first-order chi connectivity index (χ1) is 15.4. The third-order valence-corrected chi connectivity index (χ3v) is 5.40. The van der Waals surface area contributed by atoms with Gasteiger partial charge in [-0.25, -0.2) is 18.5 Å². The summed E-state index contributed by atoms with van der Waals surface area (Å²) in [4.78, 5) is 4.83. The Morgan fingerprint density at radius 3 is 2.15 bits per heavy atom. The van der Waals surface area contributed by atoms with E-state index in [-0.39, 0.29) is 28.8 Å². The van der Waals surface area contributed by atoms with Gasteiger partial charge in [-0.2, -0.15) is 31.1 Å². The van der Waals surface area contributed by atoms with Gasteiger partial charge < -0.3 is 5.11 Å². The minimum Gasteiger partial charge on any atom is -0.383 e. The van der Waals surface area contributed by atoms with Crippen LogP contribution in [0.25, 0.3) is 11.5 Å². The van der Waals surface area contributed by atoms with Crippen LogP contribution in [-0.2, 0) is 34.5 Å². The molecule has 0 amide bonds. The van der Waals surface area contributed by atoms with E-state index in [0.717, 1.165) is 4.80 Å². The summed E-state index contributed by atoms with van der Waals surface area (Å²) in [7, 11) is -4.06. The van der Waals surface area contributed by atoms with Crippen molar-refractivity contribution in [3.63, 3.8) is 0 Å². The molecule has 0 aliphatic carbocycles. The Balaban J connectivity index is 1.91. The Morgan fingerprint density at radius 1 is 1.03 bits per heavy atom. The SMILES string of the molecule is C[C@](O)(CS(N)(=O)=O)c1cccc(-c2nnn(Cc3cc(C(F)(F)F)cc(C(F)(F)F)c3)n2)n1. The van der Waals surface area contributed by atoms with Crippen LogP contribution >= 0.6 is 0 Å². The molecule has 0 aliphatic heterocycles. The van der Waals surface area contributed by atoms with E-state index in [0.29, 0.717) is 12.1 Å². The molecule has 0 radical (unpaired) electrons. The number of hydrogen-bond acceptors (Lipinski definition) is 7. The lowest BCUT2D eigenvalue weighted by atomic mass is 10.0. The summed E-state index contributed by atoms with van der Waals surface area (Å²) < 4.78 is 101. The molecule has 34 heavy (non-hydrogen) atoms. The normalized spacial score (nSPS) is 14.7. The standard InChI is InChI=1S/C18H16F6N6O3S/c1-16(31,9-34(25,32)33)14-4-2-3-13(26-14)15-27-29-30(28-15)8-10-5-11(17(19,20)21)7-12(6-10)18(22,23)24/h2-7,31H,8-9H2,1H3,(H2,25,32,33)/t16-/m0/s1. The van der Waals surface area contributed by atoms with E-state index >= 15 is 0 Å². The number of pyridine rings is 1. The number of rotatable bonds is 6. The topological polar surface area (TPSA) is 137 Å². The molecule has 184 valence electrons. The molecule has 9 nitrogen and oxygen atoms in total. The maximum absolute atomic E-state index is 13.0. The van der Waals surface area contributed by atoms with Crippen LogP contribution in [0.1, 0.15) is 29.3 Å². The van der Waals surface area contributed by atoms with Crippen LogP contribution in [0, 0.1) is 0 Å². The maximum atomic E-state index is 13.0. The quantitative estimate of drug-likeness (QED) is 0.486. The van der Waals surface area contributed by atoms with E-state index in [1.54, 1.807) is 0 Å². The lowest BCUT2D eigenvalue weighted by molar-refractivity contribution is -0.143. The van der Waals surface area contributed by atoms with Gasteiger partial charge >= 0.3 is 12.4 Å². The number of aromatic nitrogens is 5.